The van der Waals surface area contributed by atoms with Gasteiger partial charge in [-0.25, -0.2) is 4.63 Å². The van der Waals surface area contributed by atoms with E-state index in [0.717, 1.165) is 6.42 Å². The number of nitrogens with two attached hydrogens (primary N) is 1. The monoisotopic (exact) mass is 296 g/mol. The Morgan fingerprint density at radius 2 is 2.30 bits per heavy atom. The molecule has 0 atom stereocenters. The molecule has 106 valence electrons. The third-order valence-electron chi connectivity index (χ3n) is 2.38. The van der Waals surface area contributed by atoms with Gasteiger partial charge in [-0.3, -0.25) is 4.79 Å². The molecule has 1 heterocycles. The Hall–Kier alpha value is -2.28. The molecule has 7 nitrogen and oxygen atoms in total. The van der Waals surface area contributed by atoms with Crippen LogP contribution in [0.1, 0.15) is 23.8 Å². The van der Waals surface area contributed by atoms with Crippen molar-refractivity contribution in [2.24, 2.45) is 0 Å². The lowest BCUT2D eigenvalue weighted by Gasteiger charge is -2.09. The van der Waals surface area contributed by atoms with Gasteiger partial charge in [0.05, 0.1) is 11.6 Å². The van der Waals surface area contributed by atoms with Crippen molar-refractivity contribution in [2.75, 3.05) is 17.7 Å². The molecule has 20 heavy (non-hydrogen) atoms. The number of hydrogen-bond acceptors (Lipinski definition) is 6. The van der Waals surface area contributed by atoms with Crippen LogP contribution in [0.4, 0.5) is 11.5 Å². The zero-order valence-electron chi connectivity index (χ0n) is 10.7. The fourth-order valence-corrected chi connectivity index (χ4v) is 1.69. The minimum atomic E-state index is -0.526. The molecule has 0 aliphatic carbocycles. The van der Waals surface area contributed by atoms with Crippen LogP contribution in [-0.2, 0) is 0 Å². The first-order valence-corrected chi connectivity index (χ1v) is 6.31. The molecule has 1 amide bonds. The van der Waals surface area contributed by atoms with Gasteiger partial charge in [0.25, 0.3) is 5.91 Å². The fourth-order valence-electron chi connectivity index (χ4n) is 1.45. The number of nitrogens with zero attached hydrogens (tertiary/aromatic N) is 2. The maximum absolute atomic E-state index is 11.8. The predicted molar refractivity (Wildman–Crippen MR) is 73.9 cm³/mol. The number of ether oxygens (including phenoxy) is 1. The van der Waals surface area contributed by atoms with Crippen molar-refractivity contribution in [3.05, 3.63) is 28.9 Å². The highest BCUT2D eigenvalue weighted by Crippen LogP contribution is 2.28. The van der Waals surface area contributed by atoms with Crippen LogP contribution in [0, 0.1) is 0 Å². The lowest BCUT2D eigenvalue weighted by molar-refractivity contribution is 0.101. The highest BCUT2D eigenvalue weighted by Gasteiger charge is 2.16. The molecule has 0 aliphatic heterocycles. The van der Waals surface area contributed by atoms with Crippen LogP contribution in [0.25, 0.3) is 0 Å². The van der Waals surface area contributed by atoms with Crippen molar-refractivity contribution < 1.29 is 14.2 Å². The lowest BCUT2D eigenvalue weighted by atomic mass is 10.3. The minimum absolute atomic E-state index is 0.0727. The Morgan fingerprint density at radius 3 is 2.90 bits per heavy atom. The number of nitrogens with one attached hydrogen (secondary N) is 1. The first-order chi connectivity index (χ1) is 9.61. The van der Waals surface area contributed by atoms with Gasteiger partial charge in [0.15, 0.2) is 0 Å². The number of hydrogen-bond donors (Lipinski definition) is 2. The van der Waals surface area contributed by atoms with E-state index in [9.17, 15) is 4.79 Å². The average Bonchev–Trinajstić information content (AvgIpc) is 2.84. The second kappa shape index (κ2) is 6.25. The van der Waals surface area contributed by atoms with E-state index in [1.54, 1.807) is 18.2 Å². The van der Waals surface area contributed by atoms with E-state index >= 15 is 0 Å². The molecular formula is C12H13ClN4O3. The summed E-state index contributed by atoms with van der Waals surface area (Å²) in [5.74, 6) is -0.0346. The summed E-state index contributed by atoms with van der Waals surface area (Å²) < 4.78 is 9.79. The van der Waals surface area contributed by atoms with E-state index in [1.807, 2.05) is 6.92 Å². The summed E-state index contributed by atoms with van der Waals surface area (Å²) in [6, 6.07) is 4.92. The van der Waals surface area contributed by atoms with Crippen molar-refractivity contribution in [2.45, 2.75) is 13.3 Å². The average molecular weight is 297 g/mol. The molecule has 3 N–H and O–H groups in total. The van der Waals surface area contributed by atoms with E-state index in [4.69, 9.17) is 22.1 Å². The van der Waals surface area contributed by atoms with Gasteiger partial charge in [-0.2, -0.15) is 0 Å². The zero-order chi connectivity index (χ0) is 14.5. The third-order valence-corrected chi connectivity index (χ3v) is 2.68. The molecule has 0 radical (unpaired) electrons. The normalized spacial score (nSPS) is 10.3. The van der Waals surface area contributed by atoms with Gasteiger partial charge in [0.1, 0.15) is 5.75 Å². The molecule has 8 heteroatoms. The first-order valence-electron chi connectivity index (χ1n) is 5.93. The van der Waals surface area contributed by atoms with Crippen LogP contribution >= 0.6 is 11.6 Å². The minimum Gasteiger partial charge on any atom is -0.492 e. The number of amides is 1. The molecule has 1 aromatic carbocycles. The van der Waals surface area contributed by atoms with Gasteiger partial charge >= 0.3 is 0 Å². The summed E-state index contributed by atoms with van der Waals surface area (Å²) in [4.78, 5) is 11.8. The summed E-state index contributed by atoms with van der Waals surface area (Å²) >= 11 is 6.06. The molecule has 0 bridgehead atoms. The molecular weight excluding hydrogens is 284 g/mol. The van der Waals surface area contributed by atoms with Gasteiger partial charge in [-0.15, -0.1) is 0 Å². The van der Waals surface area contributed by atoms with E-state index in [1.165, 1.54) is 0 Å². The summed E-state index contributed by atoms with van der Waals surface area (Å²) in [5.41, 5.74) is 5.85. The maximum atomic E-state index is 11.8. The van der Waals surface area contributed by atoms with E-state index in [2.05, 4.69) is 20.3 Å². The number of carbonyl (C=O) groups excluding carboxylic acids is 1. The zero-order valence-corrected chi connectivity index (χ0v) is 11.5. The molecule has 0 fully saturated rings. The number of halogens is 1. The van der Waals surface area contributed by atoms with Gasteiger partial charge in [-0.05, 0) is 34.9 Å². The molecule has 2 rings (SSSR count). The summed E-state index contributed by atoms with van der Waals surface area (Å²) in [7, 11) is 0. The number of anilines is 2. The summed E-state index contributed by atoms with van der Waals surface area (Å²) in [6.07, 6.45) is 0.882. The van der Waals surface area contributed by atoms with Crippen molar-refractivity contribution >= 4 is 29.0 Å². The van der Waals surface area contributed by atoms with Crippen LogP contribution in [0.2, 0.25) is 5.02 Å². The van der Waals surface area contributed by atoms with Crippen LogP contribution in [0.5, 0.6) is 5.75 Å². The first kappa shape index (κ1) is 14.1. The van der Waals surface area contributed by atoms with Crippen molar-refractivity contribution in [1.29, 1.82) is 0 Å². The smallest absolute Gasteiger partial charge is 0.281 e. The Labute approximate surface area is 120 Å². The van der Waals surface area contributed by atoms with Gasteiger partial charge in [0, 0.05) is 5.69 Å². The number of nitrogen functional groups attached to an aromatic ring is 1. The quantitative estimate of drug-likeness (QED) is 0.877. The van der Waals surface area contributed by atoms with Gasteiger partial charge < -0.3 is 15.8 Å². The third kappa shape index (κ3) is 3.18. The second-order valence-electron chi connectivity index (χ2n) is 3.95. The van der Waals surface area contributed by atoms with Crippen molar-refractivity contribution in [3.63, 3.8) is 0 Å². The standard InChI is InChI=1S/C12H13ClN4O3/c1-2-5-19-9-4-3-7(6-8(9)13)15-12(18)10-11(14)17-20-16-10/h3-4,6H,2,5H2,1H3,(H2,14,17)(H,15,18). The predicted octanol–water partition coefficient (Wildman–Crippen LogP) is 2.35. The van der Waals surface area contributed by atoms with Crippen LogP contribution in [0.3, 0.4) is 0 Å². The number of rotatable bonds is 5. The lowest BCUT2D eigenvalue weighted by Crippen LogP contribution is -2.14. The molecule has 1 aromatic heterocycles. The molecule has 0 aliphatic rings. The second-order valence-corrected chi connectivity index (χ2v) is 4.35. The molecule has 0 unspecified atom stereocenters. The highest BCUT2D eigenvalue weighted by atomic mass is 35.5. The molecule has 0 saturated heterocycles. The molecule has 2 aromatic rings. The Kier molecular flexibility index (Phi) is 4.41. The van der Waals surface area contributed by atoms with E-state index in [-0.39, 0.29) is 11.5 Å². The van der Waals surface area contributed by atoms with Crippen LogP contribution in [-0.4, -0.2) is 22.8 Å². The van der Waals surface area contributed by atoms with Crippen LogP contribution in [0.15, 0.2) is 22.8 Å². The SMILES string of the molecule is CCCOc1ccc(NC(=O)c2nonc2N)cc1Cl. The van der Waals surface area contributed by atoms with Crippen molar-refractivity contribution in [3.8, 4) is 5.75 Å². The summed E-state index contributed by atoms with van der Waals surface area (Å²) in [5, 5.41) is 9.73. The van der Waals surface area contributed by atoms with E-state index < -0.39 is 5.91 Å². The highest BCUT2D eigenvalue weighted by molar-refractivity contribution is 6.32. The Bertz CT molecular complexity index is 614. The van der Waals surface area contributed by atoms with Crippen molar-refractivity contribution in [1.82, 2.24) is 10.3 Å². The van der Waals surface area contributed by atoms with Gasteiger partial charge in [0.2, 0.25) is 11.5 Å². The van der Waals surface area contributed by atoms with E-state index in [0.29, 0.717) is 23.1 Å². The topological polar surface area (TPSA) is 103 Å². The Morgan fingerprint density at radius 1 is 1.50 bits per heavy atom. The fraction of sp³-hybridized carbons (Fsp3) is 0.250. The summed E-state index contributed by atoms with van der Waals surface area (Å²) in [6.45, 7) is 2.57. The Balaban J connectivity index is 2.09. The molecule has 0 saturated carbocycles. The van der Waals surface area contributed by atoms with Gasteiger partial charge in [-0.1, -0.05) is 18.5 Å². The largest absolute Gasteiger partial charge is 0.492 e. The number of benzene rings is 1. The maximum Gasteiger partial charge on any atom is 0.281 e. The number of aromatic nitrogens is 2. The number of carbonyl (C=O) groups is 1. The van der Waals surface area contributed by atoms with Crippen LogP contribution < -0.4 is 15.8 Å². The molecule has 0 spiro atoms.